The summed E-state index contributed by atoms with van der Waals surface area (Å²) in [5.41, 5.74) is -1.55. The molecule has 2 saturated heterocycles. The number of halogens is 6. The fraction of sp³-hybridized carbons (Fsp3) is 0.455. The molecule has 174 valence electrons. The Morgan fingerprint density at radius 1 is 0.656 bits per heavy atom. The van der Waals surface area contributed by atoms with E-state index in [2.05, 4.69) is 0 Å². The minimum absolute atomic E-state index is 0.00185. The molecule has 0 unspecified atom stereocenters. The Labute approximate surface area is 180 Å². The largest absolute Gasteiger partial charge is 0.416 e. The van der Waals surface area contributed by atoms with Gasteiger partial charge in [0.25, 0.3) is 0 Å². The van der Waals surface area contributed by atoms with E-state index in [0.717, 1.165) is 12.1 Å². The van der Waals surface area contributed by atoms with Crippen molar-refractivity contribution >= 4 is 0 Å². The van der Waals surface area contributed by atoms with Crippen molar-refractivity contribution in [3.8, 4) is 0 Å². The number of rotatable bonds is 6. The van der Waals surface area contributed by atoms with Gasteiger partial charge in [0, 0.05) is 0 Å². The summed E-state index contributed by atoms with van der Waals surface area (Å²) in [6, 6.07) is 10.3. The normalized spacial score (nSPS) is 25.8. The molecule has 0 bridgehead atoms. The molecular formula is C22H20F6O4. The molecule has 2 aliphatic heterocycles. The number of alkyl halides is 6. The van der Waals surface area contributed by atoms with E-state index in [4.69, 9.17) is 18.9 Å². The highest BCUT2D eigenvalue weighted by molar-refractivity contribution is 5.30. The van der Waals surface area contributed by atoms with Crippen LogP contribution in [-0.4, -0.2) is 37.6 Å². The molecule has 4 atom stereocenters. The molecule has 0 spiro atoms. The molecule has 4 nitrogen and oxygen atoms in total. The van der Waals surface area contributed by atoms with Crippen molar-refractivity contribution in [2.24, 2.45) is 0 Å². The van der Waals surface area contributed by atoms with Gasteiger partial charge < -0.3 is 18.9 Å². The van der Waals surface area contributed by atoms with Crippen LogP contribution in [0.3, 0.4) is 0 Å². The van der Waals surface area contributed by atoms with Crippen molar-refractivity contribution in [1.82, 2.24) is 0 Å². The molecule has 0 aromatic heterocycles. The van der Waals surface area contributed by atoms with Crippen molar-refractivity contribution in [2.75, 3.05) is 13.2 Å². The SMILES string of the molecule is FC(F)(F)c1ccccc1CO[C@H]1CO[C@H]2[C@@H]1OC[C@H]2OCc1ccccc1C(F)(F)F. The van der Waals surface area contributed by atoms with Gasteiger partial charge in [0.15, 0.2) is 0 Å². The van der Waals surface area contributed by atoms with Crippen molar-refractivity contribution in [3.63, 3.8) is 0 Å². The van der Waals surface area contributed by atoms with Crippen LogP contribution in [0.5, 0.6) is 0 Å². The van der Waals surface area contributed by atoms with Crippen LogP contribution in [0.2, 0.25) is 0 Å². The number of benzene rings is 2. The molecule has 4 rings (SSSR count). The van der Waals surface area contributed by atoms with Gasteiger partial charge >= 0.3 is 12.4 Å². The predicted octanol–water partition coefficient (Wildman–Crippen LogP) is 4.99. The summed E-state index contributed by atoms with van der Waals surface area (Å²) in [7, 11) is 0. The lowest BCUT2D eigenvalue weighted by molar-refractivity contribution is -0.140. The number of hydrogen-bond donors (Lipinski definition) is 0. The summed E-state index contributed by atoms with van der Waals surface area (Å²) in [5, 5.41) is 0. The Balaban J connectivity index is 1.35. The van der Waals surface area contributed by atoms with Crippen LogP contribution in [0.25, 0.3) is 0 Å². The molecule has 2 fully saturated rings. The Kier molecular flexibility index (Phi) is 6.49. The smallest absolute Gasteiger partial charge is 0.370 e. The second kappa shape index (κ2) is 9.01. The van der Waals surface area contributed by atoms with Gasteiger partial charge in [-0.25, -0.2) is 0 Å². The lowest BCUT2D eigenvalue weighted by atomic mass is 10.1. The zero-order chi connectivity index (χ0) is 22.9. The van der Waals surface area contributed by atoms with Gasteiger partial charge in [-0.2, -0.15) is 26.3 Å². The van der Waals surface area contributed by atoms with Crippen LogP contribution in [-0.2, 0) is 44.5 Å². The van der Waals surface area contributed by atoms with Crippen LogP contribution >= 0.6 is 0 Å². The first-order chi connectivity index (χ1) is 15.1. The van der Waals surface area contributed by atoms with Gasteiger partial charge in [-0.15, -0.1) is 0 Å². The zero-order valence-corrected chi connectivity index (χ0v) is 16.7. The first kappa shape index (κ1) is 23.0. The Morgan fingerprint density at radius 3 is 1.41 bits per heavy atom. The molecule has 2 heterocycles. The predicted molar refractivity (Wildman–Crippen MR) is 99.5 cm³/mol. The molecule has 32 heavy (non-hydrogen) atoms. The highest BCUT2D eigenvalue weighted by atomic mass is 19.4. The molecule has 0 radical (unpaired) electrons. The zero-order valence-electron chi connectivity index (χ0n) is 16.7. The summed E-state index contributed by atoms with van der Waals surface area (Å²) >= 11 is 0. The number of hydrogen-bond acceptors (Lipinski definition) is 4. The molecule has 0 amide bonds. The van der Waals surface area contributed by atoms with Gasteiger partial charge in [-0.3, -0.25) is 0 Å². The van der Waals surface area contributed by atoms with Crippen molar-refractivity contribution in [2.45, 2.75) is 50.0 Å². The fourth-order valence-electron chi connectivity index (χ4n) is 3.95. The molecule has 0 aliphatic carbocycles. The first-order valence-corrected chi connectivity index (χ1v) is 9.91. The maximum Gasteiger partial charge on any atom is 0.416 e. The van der Waals surface area contributed by atoms with E-state index >= 15 is 0 Å². The van der Waals surface area contributed by atoms with E-state index in [0.29, 0.717) is 0 Å². The minimum atomic E-state index is -4.50. The van der Waals surface area contributed by atoms with E-state index in [9.17, 15) is 26.3 Å². The van der Waals surface area contributed by atoms with Gasteiger partial charge in [0.05, 0.1) is 37.6 Å². The van der Waals surface area contributed by atoms with E-state index in [1.807, 2.05) is 0 Å². The third-order valence-electron chi connectivity index (χ3n) is 5.51. The Bertz CT molecular complexity index is 854. The van der Waals surface area contributed by atoms with Gasteiger partial charge in [-0.05, 0) is 23.3 Å². The van der Waals surface area contributed by atoms with Gasteiger partial charge in [0.2, 0.25) is 0 Å². The van der Waals surface area contributed by atoms with Crippen LogP contribution in [0.4, 0.5) is 26.3 Å². The van der Waals surface area contributed by atoms with Crippen LogP contribution in [0.1, 0.15) is 22.3 Å². The first-order valence-electron chi connectivity index (χ1n) is 9.91. The molecule has 2 aliphatic rings. The molecule has 10 heteroatoms. The second-order valence-corrected chi connectivity index (χ2v) is 7.60. The van der Waals surface area contributed by atoms with E-state index in [-0.39, 0.29) is 37.6 Å². The summed E-state index contributed by atoms with van der Waals surface area (Å²) in [4.78, 5) is 0. The van der Waals surface area contributed by atoms with Gasteiger partial charge in [0.1, 0.15) is 24.4 Å². The van der Waals surface area contributed by atoms with Crippen LogP contribution in [0, 0.1) is 0 Å². The molecule has 0 saturated carbocycles. The molecule has 0 N–H and O–H groups in total. The number of fused-ring (bicyclic) bond motifs is 1. The standard InChI is InChI=1S/C22H20F6O4/c23-21(24,25)15-7-3-1-5-13(15)9-29-17-11-31-20-18(12-32-19(17)20)30-10-14-6-2-4-8-16(14)22(26,27)28/h1-8,17-20H,9-12H2/t17-,18+,19-,20-/m1/s1. The van der Waals surface area contributed by atoms with E-state index < -0.39 is 47.9 Å². The average Bonchev–Trinajstić information content (AvgIpc) is 3.32. The fourth-order valence-corrected chi connectivity index (χ4v) is 3.95. The maximum absolute atomic E-state index is 13.2. The summed E-state index contributed by atoms with van der Waals surface area (Å²) in [6.07, 6.45) is -11.4. The van der Waals surface area contributed by atoms with Crippen molar-refractivity contribution < 1.29 is 45.3 Å². The Hall–Kier alpha value is -2.14. The molecule has 2 aromatic carbocycles. The van der Waals surface area contributed by atoms with Crippen LogP contribution < -0.4 is 0 Å². The lowest BCUT2D eigenvalue weighted by Crippen LogP contribution is -2.34. The third kappa shape index (κ3) is 4.93. The van der Waals surface area contributed by atoms with Crippen molar-refractivity contribution in [1.29, 1.82) is 0 Å². The van der Waals surface area contributed by atoms with Crippen LogP contribution in [0.15, 0.2) is 48.5 Å². The second-order valence-electron chi connectivity index (χ2n) is 7.60. The average molecular weight is 462 g/mol. The maximum atomic E-state index is 13.2. The monoisotopic (exact) mass is 462 g/mol. The van der Waals surface area contributed by atoms with Crippen molar-refractivity contribution in [3.05, 3.63) is 70.8 Å². The minimum Gasteiger partial charge on any atom is -0.370 e. The molecular weight excluding hydrogens is 442 g/mol. The highest BCUT2D eigenvalue weighted by Crippen LogP contribution is 2.36. The highest BCUT2D eigenvalue weighted by Gasteiger charge is 2.49. The molecule has 2 aromatic rings. The van der Waals surface area contributed by atoms with Gasteiger partial charge in [-0.1, -0.05) is 36.4 Å². The third-order valence-corrected chi connectivity index (χ3v) is 5.51. The summed E-state index contributed by atoms with van der Waals surface area (Å²) < 4.78 is 102. The van der Waals surface area contributed by atoms with E-state index in [1.54, 1.807) is 0 Å². The topological polar surface area (TPSA) is 36.9 Å². The summed E-state index contributed by atoms with van der Waals surface area (Å²) in [6.45, 7) is -0.382. The Morgan fingerprint density at radius 2 is 1.03 bits per heavy atom. The summed E-state index contributed by atoms with van der Waals surface area (Å²) in [5.74, 6) is 0. The van der Waals surface area contributed by atoms with E-state index in [1.165, 1.54) is 36.4 Å². The number of ether oxygens (including phenoxy) is 4. The quantitative estimate of drug-likeness (QED) is 0.567. The lowest BCUT2D eigenvalue weighted by Gasteiger charge is -2.19.